The molecule has 0 spiro atoms. The molecule has 1 radical (unpaired) electrons. The van der Waals surface area contributed by atoms with Crippen molar-refractivity contribution in [1.29, 1.82) is 0 Å². The van der Waals surface area contributed by atoms with E-state index >= 15 is 0 Å². The van der Waals surface area contributed by atoms with E-state index in [1.807, 2.05) is 12.1 Å². The van der Waals surface area contributed by atoms with Crippen LogP contribution in [0.4, 0.5) is 0 Å². The molecule has 4 nitrogen and oxygen atoms in total. The van der Waals surface area contributed by atoms with Crippen molar-refractivity contribution >= 4 is 43.5 Å². The maximum atomic E-state index is 8.84. The monoisotopic (exact) mass is 827 g/mol. The molecule has 0 atom stereocenters. The van der Waals surface area contributed by atoms with Crippen LogP contribution in [0.1, 0.15) is 83.9 Å². The minimum absolute atomic E-state index is 0. The van der Waals surface area contributed by atoms with Crippen LogP contribution in [0, 0.1) is 38.1 Å². The first-order valence-electron chi connectivity index (χ1n) is 20.4. The number of thiazole rings is 1. The molecule has 0 aliphatic rings. The molecule has 243 valence electrons. The van der Waals surface area contributed by atoms with Gasteiger partial charge >= 0.3 is 0 Å². The number of aromatic nitrogens is 3. The molecule has 0 amide bonds. The summed E-state index contributed by atoms with van der Waals surface area (Å²) in [6, 6.07) is 23.0. The fourth-order valence-corrected chi connectivity index (χ4v) is 5.96. The summed E-state index contributed by atoms with van der Waals surface area (Å²) >= 11 is 1.65. The Kier molecular flexibility index (Phi) is 6.51. The van der Waals surface area contributed by atoms with Gasteiger partial charge in [0.25, 0.3) is 0 Å². The Labute approximate surface area is 311 Å². The summed E-state index contributed by atoms with van der Waals surface area (Å²) in [6.07, 6.45) is 0.644. The molecule has 0 aliphatic heterocycles. The number of aryl methyl sites for hydroxylation is 3. The number of hydrogen-bond donors (Lipinski definition) is 0. The van der Waals surface area contributed by atoms with Gasteiger partial charge < -0.3 is 14.4 Å². The standard InChI is InChI=1S/C28H29N2OS.C13H12N.Ir/c1-16-15-29-21(13-17(16)14-27(2,3)4)20-10-8-9-18-19-11-12-22-23(25(19)31-24(18)20)30-26(32-22)28(5,6)7;1-10-3-6-12(7-4-10)13-8-5-11(2)9-14-13;/h8-9,11-13,15H,14H2,1-7H3;3-6,8-9H,1-2H3;/q2*-1;/i1D3,14D2;1D3,2D3;. The van der Waals surface area contributed by atoms with Crippen molar-refractivity contribution in [3.05, 3.63) is 112 Å². The van der Waals surface area contributed by atoms with E-state index in [1.54, 1.807) is 56.4 Å². The number of benzene rings is 3. The Morgan fingerprint density at radius 2 is 1.60 bits per heavy atom. The van der Waals surface area contributed by atoms with Gasteiger partial charge in [-0.15, -0.1) is 64.9 Å². The van der Waals surface area contributed by atoms with Crippen molar-refractivity contribution in [1.82, 2.24) is 15.0 Å². The average molecular weight is 827 g/mol. The number of nitrogens with zero attached hydrogens (tertiary/aromatic N) is 3. The molecule has 0 unspecified atom stereocenters. The second kappa shape index (κ2) is 13.4. The van der Waals surface area contributed by atoms with Crippen molar-refractivity contribution in [3.8, 4) is 22.5 Å². The van der Waals surface area contributed by atoms with Gasteiger partial charge in [0.1, 0.15) is 11.1 Å². The van der Waals surface area contributed by atoms with E-state index in [0.717, 1.165) is 26.0 Å². The predicted octanol–water partition coefficient (Wildman–Crippen LogP) is 11.4. The summed E-state index contributed by atoms with van der Waals surface area (Å²) in [5, 5.41) is 2.82. The number of pyridine rings is 2. The van der Waals surface area contributed by atoms with Crippen molar-refractivity contribution < 1.29 is 39.6 Å². The number of rotatable bonds is 3. The van der Waals surface area contributed by atoms with Crippen LogP contribution in [0.2, 0.25) is 0 Å². The van der Waals surface area contributed by atoms with Crippen molar-refractivity contribution in [2.45, 2.75) is 73.9 Å². The predicted molar refractivity (Wildman–Crippen MR) is 194 cm³/mol. The van der Waals surface area contributed by atoms with E-state index in [-0.39, 0.29) is 47.8 Å². The van der Waals surface area contributed by atoms with Gasteiger partial charge in [0.2, 0.25) is 0 Å². The van der Waals surface area contributed by atoms with Crippen LogP contribution in [0.15, 0.2) is 77.5 Å². The molecule has 47 heavy (non-hydrogen) atoms. The molecule has 0 aliphatic carbocycles. The SMILES string of the molecule is [2H]C([2H])([2H])c1c[c-]c(-c2ccc(C([2H])([2H])[2H])cn2)cc1.[2H]C([2H])([2H])c1cnc(-c2[c-]ccc3c2oc2c3ccc3sc(C(C)(C)C)nc32)cc1C([2H])([2H])C(C)(C)C.[Ir]. The Bertz CT molecular complexity index is 2520. The summed E-state index contributed by atoms with van der Waals surface area (Å²) < 4.78 is 92.8. The molecule has 0 N–H and O–H groups in total. The summed E-state index contributed by atoms with van der Waals surface area (Å²) in [5.41, 5.74) is 3.64. The molecular formula is C41H41IrN3OS-2. The minimum Gasteiger partial charge on any atom is -0.498 e. The molecule has 4 heterocycles. The maximum Gasteiger partial charge on any atom is 0.148 e. The third-order valence-corrected chi connectivity index (χ3v) is 8.57. The van der Waals surface area contributed by atoms with E-state index in [0.29, 0.717) is 33.7 Å². The van der Waals surface area contributed by atoms with Crippen molar-refractivity contribution in [2.75, 3.05) is 0 Å². The molecule has 4 aromatic heterocycles. The summed E-state index contributed by atoms with van der Waals surface area (Å²) in [5.74, 6) is 0. The minimum atomic E-state index is -2.50. The first-order valence-corrected chi connectivity index (χ1v) is 15.7. The normalized spacial score (nSPS) is 16.4. The van der Waals surface area contributed by atoms with Gasteiger partial charge in [0.05, 0.1) is 15.3 Å². The van der Waals surface area contributed by atoms with Crippen LogP contribution in [0.3, 0.4) is 0 Å². The second-order valence-electron chi connectivity index (χ2n) is 13.2. The van der Waals surface area contributed by atoms with Gasteiger partial charge in [-0.1, -0.05) is 89.2 Å². The smallest absolute Gasteiger partial charge is 0.148 e. The Hall–Kier alpha value is -3.70. The molecule has 7 rings (SSSR count). The van der Waals surface area contributed by atoms with Gasteiger partial charge in [0, 0.05) is 58.4 Å². The van der Waals surface area contributed by atoms with E-state index < -0.39 is 32.3 Å². The first-order chi connectivity index (χ1) is 26.2. The van der Waals surface area contributed by atoms with E-state index in [4.69, 9.17) is 24.5 Å². The van der Waals surface area contributed by atoms with Gasteiger partial charge in [-0.3, -0.25) is 0 Å². The summed E-state index contributed by atoms with van der Waals surface area (Å²) in [4.78, 5) is 13.4. The Balaban J connectivity index is 0.000000259. The van der Waals surface area contributed by atoms with E-state index in [1.165, 1.54) is 30.6 Å². The van der Waals surface area contributed by atoms with Gasteiger partial charge in [-0.2, -0.15) is 0 Å². The zero-order valence-electron chi connectivity index (χ0n) is 37.9. The van der Waals surface area contributed by atoms with Gasteiger partial charge in [-0.25, -0.2) is 4.98 Å². The topological polar surface area (TPSA) is 51.8 Å². The molecule has 0 fully saturated rings. The fourth-order valence-electron chi connectivity index (χ4n) is 4.94. The number of furan rings is 1. The van der Waals surface area contributed by atoms with Crippen LogP contribution in [0.5, 0.6) is 0 Å². The molecule has 0 saturated heterocycles. The maximum absolute atomic E-state index is 8.84. The Morgan fingerprint density at radius 3 is 2.26 bits per heavy atom. The van der Waals surface area contributed by atoms with Crippen LogP contribution in [-0.2, 0) is 31.9 Å². The van der Waals surface area contributed by atoms with Crippen LogP contribution >= 0.6 is 11.3 Å². The van der Waals surface area contributed by atoms with Crippen LogP contribution in [-0.4, -0.2) is 15.0 Å². The molecule has 6 heteroatoms. The average Bonchev–Trinajstić information content (AvgIpc) is 3.73. The quantitative estimate of drug-likeness (QED) is 0.167. The van der Waals surface area contributed by atoms with Crippen molar-refractivity contribution in [2.24, 2.45) is 5.41 Å². The van der Waals surface area contributed by atoms with Crippen molar-refractivity contribution in [3.63, 3.8) is 0 Å². The zero-order valence-corrected chi connectivity index (χ0v) is 30.1. The van der Waals surface area contributed by atoms with Crippen LogP contribution < -0.4 is 0 Å². The summed E-state index contributed by atoms with van der Waals surface area (Å²) in [6.45, 7) is 4.83. The number of hydrogen-bond acceptors (Lipinski definition) is 5. The zero-order chi connectivity index (χ0) is 42.1. The van der Waals surface area contributed by atoms with Gasteiger partial charge in [0.15, 0.2) is 0 Å². The summed E-state index contributed by atoms with van der Waals surface area (Å²) in [7, 11) is 0. The Morgan fingerprint density at radius 1 is 0.830 bits per heavy atom. The molecular weight excluding hydrogens is 775 g/mol. The largest absolute Gasteiger partial charge is 0.498 e. The molecule has 0 saturated carbocycles. The third-order valence-electron chi connectivity index (χ3n) is 7.12. The number of fused-ring (bicyclic) bond motifs is 5. The first kappa shape index (κ1) is 22.8. The van der Waals surface area contributed by atoms with E-state index in [9.17, 15) is 0 Å². The molecule has 3 aromatic carbocycles. The van der Waals surface area contributed by atoms with Crippen LogP contribution in [0.25, 0.3) is 54.7 Å². The molecule has 0 bridgehead atoms. The molecule has 7 aromatic rings. The fraction of sp³-hybridized carbons (Fsp3) is 0.293. The van der Waals surface area contributed by atoms with Gasteiger partial charge in [-0.05, 0) is 54.1 Å². The third kappa shape index (κ3) is 7.56. The van der Waals surface area contributed by atoms with E-state index in [2.05, 4.69) is 48.9 Å². The second-order valence-corrected chi connectivity index (χ2v) is 14.2.